The number of hydrogen-bond acceptors (Lipinski definition) is 5. The second-order valence-electron chi connectivity index (χ2n) is 3.90. The average Bonchev–Trinajstić information content (AvgIpc) is 2.83. The number of likely N-dealkylation sites (tertiary alicyclic amines) is 1. The Bertz CT molecular complexity index is 345. The number of carbonyl (C=O) groups is 3. The molecule has 1 heterocycles. The van der Waals surface area contributed by atoms with Crippen molar-refractivity contribution >= 4 is 18.0 Å². The topological polar surface area (TPSA) is 116 Å². The number of carbonyl (C=O) groups excluding carboxylic acids is 2. The molecular weight excluding hydrogens is 244 g/mol. The number of esters is 1. The Morgan fingerprint density at radius 1 is 1.50 bits per heavy atom. The molecule has 102 valence electrons. The number of carboxylic acids is 1. The van der Waals surface area contributed by atoms with Gasteiger partial charge in [0.1, 0.15) is 6.04 Å². The minimum atomic E-state index is -1.38. The fraction of sp³-hybridized carbons (Fsp3) is 0.700. The number of nitrogens with zero attached hydrogens (tertiary/aromatic N) is 1. The van der Waals surface area contributed by atoms with Gasteiger partial charge in [0.25, 0.3) is 0 Å². The molecule has 1 unspecified atom stereocenters. The lowest BCUT2D eigenvalue weighted by atomic mass is 10.2. The van der Waals surface area contributed by atoms with Gasteiger partial charge in [-0.3, -0.25) is 0 Å². The molecule has 0 aromatic heterocycles. The molecule has 0 aromatic carbocycles. The number of rotatable bonds is 4. The summed E-state index contributed by atoms with van der Waals surface area (Å²) in [5.41, 5.74) is 0. The van der Waals surface area contributed by atoms with Gasteiger partial charge in [-0.05, 0) is 12.8 Å². The summed E-state index contributed by atoms with van der Waals surface area (Å²) in [5.74, 6) is -1.86. The SMILES string of the molecule is COC(=O)C1CCCN1C(=O)N[C@@H](CO)C(=O)O. The quantitative estimate of drug-likeness (QED) is 0.545. The van der Waals surface area contributed by atoms with E-state index in [0.29, 0.717) is 19.4 Å². The highest BCUT2D eigenvalue weighted by Crippen LogP contribution is 2.18. The van der Waals surface area contributed by atoms with Crippen molar-refractivity contribution in [1.82, 2.24) is 10.2 Å². The predicted octanol–water partition coefficient (Wildman–Crippen LogP) is -1.22. The Balaban J connectivity index is 2.65. The number of aliphatic hydroxyl groups excluding tert-OH is 1. The summed E-state index contributed by atoms with van der Waals surface area (Å²) in [6, 6.07) is -2.76. The highest BCUT2D eigenvalue weighted by atomic mass is 16.5. The number of aliphatic carboxylic acids is 1. The van der Waals surface area contributed by atoms with Crippen molar-refractivity contribution in [3.8, 4) is 0 Å². The van der Waals surface area contributed by atoms with Crippen LogP contribution in [0.25, 0.3) is 0 Å². The Kier molecular flexibility index (Phi) is 4.90. The number of carboxylic acid groups (broad SMARTS) is 1. The van der Waals surface area contributed by atoms with E-state index in [4.69, 9.17) is 10.2 Å². The van der Waals surface area contributed by atoms with Gasteiger partial charge in [0, 0.05) is 6.54 Å². The van der Waals surface area contributed by atoms with E-state index in [-0.39, 0.29) is 0 Å². The Morgan fingerprint density at radius 2 is 2.17 bits per heavy atom. The number of nitrogens with one attached hydrogen (secondary N) is 1. The van der Waals surface area contributed by atoms with Gasteiger partial charge >= 0.3 is 18.0 Å². The van der Waals surface area contributed by atoms with Crippen molar-refractivity contribution in [2.75, 3.05) is 20.3 Å². The first-order valence-electron chi connectivity index (χ1n) is 5.50. The lowest BCUT2D eigenvalue weighted by molar-refractivity contribution is -0.144. The maximum absolute atomic E-state index is 11.8. The van der Waals surface area contributed by atoms with Crippen LogP contribution in [0.4, 0.5) is 4.79 Å². The van der Waals surface area contributed by atoms with E-state index in [1.165, 1.54) is 12.0 Å². The average molecular weight is 260 g/mol. The van der Waals surface area contributed by atoms with Crippen LogP contribution in [0.2, 0.25) is 0 Å². The third-order valence-corrected chi connectivity index (χ3v) is 2.77. The first kappa shape index (κ1) is 14.2. The highest BCUT2D eigenvalue weighted by molar-refractivity contribution is 5.87. The number of amides is 2. The Hall–Kier alpha value is -1.83. The van der Waals surface area contributed by atoms with Crippen LogP contribution < -0.4 is 5.32 Å². The largest absolute Gasteiger partial charge is 0.480 e. The number of methoxy groups -OCH3 is 1. The standard InChI is InChI=1S/C10H16N2O6/c1-18-9(16)7-3-2-4-12(7)10(17)11-6(5-13)8(14)15/h6-7,13H,2-5H2,1H3,(H,11,17)(H,14,15)/t6-,7?/m0/s1. The van der Waals surface area contributed by atoms with Gasteiger partial charge in [0.15, 0.2) is 6.04 Å². The van der Waals surface area contributed by atoms with E-state index >= 15 is 0 Å². The summed E-state index contributed by atoms with van der Waals surface area (Å²) in [4.78, 5) is 35.1. The van der Waals surface area contributed by atoms with Crippen LogP contribution in [-0.2, 0) is 14.3 Å². The minimum absolute atomic E-state index is 0.351. The number of ether oxygens (including phenoxy) is 1. The molecule has 8 heteroatoms. The number of aliphatic hydroxyl groups is 1. The van der Waals surface area contributed by atoms with Gasteiger partial charge in [-0.1, -0.05) is 0 Å². The molecule has 8 nitrogen and oxygen atoms in total. The van der Waals surface area contributed by atoms with Crippen LogP contribution in [0, 0.1) is 0 Å². The molecule has 0 spiro atoms. The van der Waals surface area contributed by atoms with Crippen LogP contribution in [0.5, 0.6) is 0 Å². The van der Waals surface area contributed by atoms with Crippen molar-refractivity contribution in [1.29, 1.82) is 0 Å². The zero-order valence-electron chi connectivity index (χ0n) is 9.96. The summed E-state index contributed by atoms with van der Waals surface area (Å²) in [7, 11) is 1.23. The van der Waals surface area contributed by atoms with Crippen molar-refractivity contribution in [3.63, 3.8) is 0 Å². The van der Waals surface area contributed by atoms with Crippen molar-refractivity contribution in [2.24, 2.45) is 0 Å². The van der Waals surface area contributed by atoms with Crippen LogP contribution >= 0.6 is 0 Å². The zero-order chi connectivity index (χ0) is 13.7. The predicted molar refractivity (Wildman–Crippen MR) is 58.8 cm³/mol. The third-order valence-electron chi connectivity index (χ3n) is 2.77. The molecule has 0 aliphatic carbocycles. The van der Waals surface area contributed by atoms with Crippen LogP contribution in [-0.4, -0.2) is 65.4 Å². The smallest absolute Gasteiger partial charge is 0.328 e. The monoisotopic (exact) mass is 260 g/mol. The minimum Gasteiger partial charge on any atom is -0.480 e. The fourth-order valence-electron chi connectivity index (χ4n) is 1.81. The Labute approximate surface area is 104 Å². The molecule has 2 atom stereocenters. The third kappa shape index (κ3) is 3.10. The van der Waals surface area contributed by atoms with Crippen molar-refractivity contribution in [2.45, 2.75) is 24.9 Å². The summed E-state index contributed by atoms with van der Waals surface area (Å²) < 4.78 is 4.57. The van der Waals surface area contributed by atoms with Crippen LogP contribution in [0.15, 0.2) is 0 Å². The van der Waals surface area contributed by atoms with Gasteiger partial charge in [0.2, 0.25) is 0 Å². The van der Waals surface area contributed by atoms with E-state index in [1.54, 1.807) is 0 Å². The zero-order valence-corrected chi connectivity index (χ0v) is 9.96. The van der Waals surface area contributed by atoms with Gasteiger partial charge in [-0.25, -0.2) is 14.4 Å². The lowest BCUT2D eigenvalue weighted by Crippen LogP contribution is -2.52. The first-order chi connectivity index (χ1) is 8.51. The van der Waals surface area contributed by atoms with E-state index in [2.05, 4.69) is 10.1 Å². The van der Waals surface area contributed by atoms with Crippen molar-refractivity contribution < 1.29 is 29.3 Å². The van der Waals surface area contributed by atoms with Gasteiger partial charge in [0.05, 0.1) is 13.7 Å². The molecule has 0 aromatic rings. The molecule has 1 aliphatic rings. The van der Waals surface area contributed by atoms with E-state index in [9.17, 15) is 14.4 Å². The second-order valence-corrected chi connectivity index (χ2v) is 3.90. The van der Waals surface area contributed by atoms with Gasteiger partial charge < -0.3 is 25.2 Å². The van der Waals surface area contributed by atoms with E-state index < -0.39 is 36.7 Å². The maximum atomic E-state index is 11.8. The molecule has 1 saturated heterocycles. The first-order valence-corrected chi connectivity index (χ1v) is 5.50. The highest BCUT2D eigenvalue weighted by Gasteiger charge is 2.36. The number of hydrogen-bond donors (Lipinski definition) is 3. The molecular formula is C10H16N2O6. The molecule has 0 bridgehead atoms. The second kappa shape index (κ2) is 6.20. The van der Waals surface area contributed by atoms with Crippen molar-refractivity contribution in [3.05, 3.63) is 0 Å². The molecule has 0 radical (unpaired) electrons. The molecule has 1 rings (SSSR count). The summed E-state index contributed by atoms with van der Waals surface area (Å²) in [5, 5.41) is 19.7. The Morgan fingerprint density at radius 3 is 2.67 bits per heavy atom. The molecule has 18 heavy (non-hydrogen) atoms. The van der Waals surface area contributed by atoms with E-state index in [1.807, 2.05) is 0 Å². The molecule has 1 fully saturated rings. The molecule has 0 saturated carbocycles. The van der Waals surface area contributed by atoms with Crippen LogP contribution in [0.3, 0.4) is 0 Å². The summed E-state index contributed by atoms with van der Waals surface area (Å²) in [6.45, 7) is -0.360. The fourth-order valence-corrected chi connectivity index (χ4v) is 1.81. The van der Waals surface area contributed by atoms with Gasteiger partial charge in [-0.15, -0.1) is 0 Å². The van der Waals surface area contributed by atoms with Gasteiger partial charge in [-0.2, -0.15) is 0 Å². The molecule has 2 amide bonds. The number of urea groups is 1. The normalized spacial score (nSPS) is 20.3. The van der Waals surface area contributed by atoms with Crippen LogP contribution in [0.1, 0.15) is 12.8 Å². The van der Waals surface area contributed by atoms with E-state index in [0.717, 1.165) is 0 Å². The summed E-state index contributed by atoms with van der Waals surface area (Å²) >= 11 is 0. The maximum Gasteiger partial charge on any atom is 0.328 e. The summed E-state index contributed by atoms with van der Waals surface area (Å²) in [6.07, 6.45) is 1.13. The molecule has 1 aliphatic heterocycles. The lowest BCUT2D eigenvalue weighted by Gasteiger charge is -2.24. The molecule has 3 N–H and O–H groups in total.